The SMILES string of the molecule is CCc1ccccc1NC(=O)[C@@H]1CCCN(Cc2nc3ccccc3n2Cc2ccc(OC)cc2)C1. The second-order valence-corrected chi connectivity index (χ2v) is 9.53. The summed E-state index contributed by atoms with van der Waals surface area (Å²) in [6.45, 7) is 5.30. The number of fused-ring (bicyclic) bond motifs is 1. The van der Waals surface area contributed by atoms with E-state index in [1.54, 1.807) is 7.11 Å². The summed E-state index contributed by atoms with van der Waals surface area (Å²) < 4.78 is 7.62. The van der Waals surface area contributed by atoms with Crippen molar-refractivity contribution < 1.29 is 9.53 Å². The highest BCUT2D eigenvalue weighted by Crippen LogP contribution is 2.25. The number of likely N-dealkylation sites (tertiary alicyclic amines) is 1. The molecule has 2 heterocycles. The molecule has 0 saturated carbocycles. The van der Waals surface area contributed by atoms with Gasteiger partial charge < -0.3 is 14.6 Å². The molecule has 5 rings (SSSR count). The topological polar surface area (TPSA) is 59.4 Å². The van der Waals surface area contributed by atoms with E-state index in [-0.39, 0.29) is 11.8 Å². The van der Waals surface area contributed by atoms with Gasteiger partial charge in [-0.2, -0.15) is 0 Å². The molecule has 0 bridgehead atoms. The van der Waals surface area contributed by atoms with E-state index in [9.17, 15) is 4.79 Å². The fraction of sp³-hybridized carbons (Fsp3) is 0.333. The molecular weight excluding hydrogens is 448 g/mol. The maximum Gasteiger partial charge on any atom is 0.228 e. The quantitative estimate of drug-likeness (QED) is 0.360. The lowest BCUT2D eigenvalue weighted by atomic mass is 9.96. The predicted molar refractivity (Wildman–Crippen MR) is 144 cm³/mol. The molecule has 1 aliphatic rings. The largest absolute Gasteiger partial charge is 0.497 e. The second-order valence-electron chi connectivity index (χ2n) is 9.53. The van der Waals surface area contributed by atoms with Crippen LogP contribution >= 0.6 is 0 Å². The van der Waals surface area contributed by atoms with Gasteiger partial charge in [0.05, 0.1) is 30.6 Å². The molecule has 0 unspecified atom stereocenters. The first-order valence-corrected chi connectivity index (χ1v) is 12.8. The predicted octanol–water partition coefficient (Wildman–Crippen LogP) is 5.51. The van der Waals surface area contributed by atoms with E-state index in [1.165, 1.54) is 11.1 Å². The minimum Gasteiger partial charge on any atom is -0.497 e. The van der Waals surface area contributed by atoms with Gasteiger partial charge in [-0.1, -0.05) is 49.4 Å². The van der Waals surface area contributed by atoms with E-state index in [1.807, 2.05) is 36.4 Å². The molecule has 1 saturated heterocycles. The van der Waals surface area contributed by atoms with Crippen molar-refractivity contribution in [3.05, 3.63) is 89.7 Å². The standard InChI is InChI=1S/C30H34N4O2/c1-3-23-9-4-5-11-26(23)32-30(35)24-10-8-18-33(20-24)21-29-31-27-12-6-7-13-28(27)34(29)19-22-14-16-25(36-2)17-15-22/h4-7,9,11-17,24H,3,8,10,18-21H2,1-2H3,(H,32,35)/t24-/m1/s1. The molecule has 36 heavy (non-hydrogen) atoms. The molecule has 1 fully saturated rings. The number of hydrogen-bond acceptors (Lipinski definition) is 4. The Morgan fingerprint density at radius 1 is 1.03 bits per heavy atom. The van der Waals surface area contributed by atoms with Gasteiger partial charge in [0.25, 0.3) is 0 Å². The molecule has 1 aromatic heterocycles. The summed E-state index contributed by atoms with van der Waals surface area (Å²) in [7, 11) is 1.69. The molecule has 3 aromatic carbocycles. The molecule has 0 aliphatic carbocycles. The third-order valence-electron chi connectivity index (χ3n) is 7.13. The molecule has 0 radical (unpaired) electrons. The van der Waals surface area contributed by atoms with Crippen molar-refractivity contribution in [1.29, 1.82) is 0 Å². The summed E-state index contributed by atoms with van der Waals surface area (Å²) in [5.74, 6) is 1.98. The summed E-state index contributed by atoms with van der Waals surface area (Å²) in [5, 5.41) is 3.19. The van der Waals surface area contributed by atoms with Gasteiger partial charge in [0, 0.05) is 18.8 Å². The van der Waals surface area contributed by atoms with Crippen molar-refractivity contribution in [2.45, 2.75) is 39.3 Å². The van der Waals surface area contributed by atoms with Gasteiger partial charge in [0.1, 0.15) is 11.6 Å². The number of carbonyl (C=O) groups is 1. The highest BCUT2D eigenvalue weighted by molar-refractivity contribution is 5.93. The number of methoxy groups -OCH3 is 1. The summed E-state index contributed by atoms with van der Waals surface area (Å²) in [6.07, 6.45) is 2.82. The Balaban J connectivity index is 1.33. The Labute approximate surface area is 212 Å². The van der Waals surface area contributed by atoms with Crippen LogP contribution in [-0.4, -0.2) is 40.6 Å². The zero-order chi connectivity index (χ0) is 24.9. The van der Waals surface area contributed by atoms with Crippen LogP contribution < -0.4 is 10.1 Å². The van der Waals surface area contributed by atoms with E-state index >= 15 is 0 Å². The number of hydrogen-bond donors (Lipinski definition) is 1. The number of rotatable bonds is 8. The minimum atomic E-state index is -0.0249. The number of benzene rings is 3. The lowest BCUT2D eigenvalue weighted by Crippen LogP contribution is -2.40. The number of nitrogens with zero attached hydrogens (tertiary/aromatic N) is 3. The lowest BCUT2D eigenvalue weighted by molar-refractivity contribution is -0.121. The molecule has 0 spiro atoms. The van der Waals surface area contributed by atoms with E-state index < -0.39 is 0 Å². The Hall–Kier alpha value is -3.64. The van der Waals surface area contributed by atoms with Gasteiger partial charge in [-0.25, -0.2) is 4.98 Å². The average Bonchev–Trinajstić information content (AvgIpc) is 3.26. The Bertz CT molecular complexity index is 1330. The van der Waals surface area contributed by atoms with Crippen LogP contribution in [0, 0.1) is 5.92 Å². The smallest absolute Gasteiger partial charge is 0.228 e. The molecule has 4 aromatic rings. The van der Waals surface area contributed by atoms with Gasteiger partial charge in [-0.3, -0.25) is 9.69 Å². The number of carbonyl (C=O) groups excluding carboxylic acids is 1. The second kappa shape index (κ2) is 11.0. The first-order valence-electron chi connectivity index (χ1n) is 12.8. The Morgan fingerprint density at radius 2 is 1.81 bits per heavy atom. The number of aryl methyl sites for hydroxylation is 1. The van der Waals surface area contributed by atoms with Crippen molar-refractivity contribution in [3.8, 4) is 5.75 Å². The molecule has 6 heteroatoms. The molecule has 1 N–H and O–H groups in total. The monoisotopic (exact) mass is 482 g/mol. The van der Waals surface area contributed by atoms with Crippen LogP contribution in [0.1, 0.15) is 36.7 Å². The van der Waals surface area contributed by atoms with Crippen LogP contribution in [0.2, 0.25) is 0 Å². The summed E-state index contributed by atoms with van der Waals surface area (Å²) >= 11 is 0. The summed E-state index contributed by atoms with van der Waals surface area (Å²) in [4.78, 5) is 20.5. The molecule has 1 amide bonds. The summed E-state index contributed by atoms with van der Waals surface area (Å²) in [5.41, 5.74) is 5.44. The number of anilines is 1. The van der Waals surface area contributed by atoms with Gasteiger partial charge >= 0.3 is 0 Å². The number of nitrogens with one attached hydrogen (secondary N) is 1. The van der Waals surface area contributed by atoms with Crippen molar-refractivity contribution in [2.75, 3.05) is 25.5 Å². The molecule has 6 nitrogen and oxygen atoms in total. The van der Waals surface area contributed by atoms with E-state index in [0.29, 0.717) is 0 Å². The third kappa shape index (κ3) is 5.29. The zero-order valence-electron chi connectivity index (χ0n) is 21.1. The van der Waals surface area contributed by atoms with Gasteiger partial charge in [-0.15, -0.1) is 0 Å². The fourth-order valence-corrected chi connectivity index (χ4v) is 5.13. The normalized spacial score (nSPS) is 16.2. The van der Waals surface area contributed by atoms with Crippen molar-refractivity contribution in [2.24, 2.45) is 5.92 Å². The van der Waals surface area contributed by atoms with Crippen LogP contribution in [0.3, 0.4) is 0 Å². The Morgan fingerprint density at radius 3 is 2.61 bits per heavy atom. The molecule has 1 aliphatic heterocycles. The first kappa shape index (κ1) is 24.1. The number of piperidine rings is 1. The van der Waals surface area contributed by atoms with Crippen LogP contribution in [0.15, 0.2) is 72.8 Å². The van der Waals surface area contributed by atoms with Crippen LogP contribution in [0.5, 0.6) is 5.75 Å². The number of ether oxygens (including phenoxy) is 1. The molecule has 1 atom stereocenters. The highest BCUT2D eigenvalue weighted by atomic mass is 16.5. The number of imidazole rings is 1. The number of aromatic nitrogens is 2. The first-order chi connectivity index (χ1) is 17.6. The van der Waals surface area contributed by atoms with Gasteiger partial charge in [-0.05, 0) is 67.3 Å². The molecular formula is C30H34N4O2. The minimum absolute atomic E-state index is 0.0249. The van der Waals surface area contributed by atoms with Gasteiger partial charge in [0.2, 0.25) is 5.91 Å². The van der Waals surface area contributed by atoms with E-state index in [4.69, 9.17) is 9.72 Å². The van der Waals surface area contributed by atoms with Crippen molar-refractivity contribution in [3.63, 3.8) is 0 Å². The van der Waals surface area contributed by atoms with E-state index in [2.05, 4.69) is 58.1 Å². The summed E-state index contributed by atoms with van der Waals surface area (Å²) in [6, 6.07) is 24.6. The maximum absolute atomic E-state index is 13.2. The van der Waals surface area contributed by atoms with Gasteiger partial charge in [0.15, 0.2) is 0 Å². The van der Waals surface area contributed by atoms with Crippen LogP contribution in [0.4, 0.5) is 5.69 Å². The number of amides is 1. The fourth-order valence-electron chi connectivity index (χ4n) is 5.13. The van der Waals surface area contributed by atoms with Crippen LogP contribution in [-0.2, 0) is 24.3 Å². The number of para-hydroxylation sites is 3. The lowest BCUT2D eigenvalue weighted by Gasteiger charge is -2.32. The zero-order valence-corrected chi connectivity index (χ0v) is 21.1. The Kier molecular flexibility index (Phi) is 7.33. The van der Waals surface area contributed by atoms with Crippen molar-refractivity contribution >= 4 is 22.6 Å². The maximum atomic E-state index is 13.2. The van der Waals surface area contributed by atoms with E-state index in [0.717, 1.165) is 73.7 Å². The highest BCUT2D eigenvalue weighted by Gasteiger charge is 2.27. The van der Waals surface area contributed by atoms with Crippen molar-refractivity contribution in [1.82, 2.24) is 14.5 Å². The molecule has 186 valence electrons. The average molecular weight is 483 g/mol. The van der Waals surface area contributed by atoms with Crippen LogP contribution in [0.25, 0.3) is 11.0 Å². The third-order valence-corrected chi connectivity index (χ3v) is 7.13.